The van der Waals surface area contributed by atoms with Gasteiger partial charge in [-0.3, -0.25) is 4.79 Å². The highest BCUT2D eigenvalue weighted by Crippen LogP contribution is 2.36. The fourth-order valence-electron chi connectivity index (χ4n) is 2.34. The number of amides is 1. The quantitative estimate of drug-likeness (QED) is 0.451. The van der Waals surface area contributed by atoms with E-state index in [1.807, 2.05) is 0 Å². The molecule has 1 N–H and O–H groups in total. The average molecular weight is 448 g/mol. The van der Waals surface area contributed by atoms with E-state index in [-0.39, 0.29) is 22.9 Å². The lowest BCUT2D eigenvalue weighted by atomic mass is 10.2. The Labute approximate surface area is 170 Å². The number of hydrogen-bond acceptors (Lipinski definition) is 3. The Morgan fingerprint density at radius 1 is 1.10 bits per heavy atom. The molecule has 1 aromatic heterocycles. The molecule has 2 aromatic carbocycles. The zero-order valence-electron chi connectivity index (χ0n) is 14.3. The Balaban J connectivity index is 1.66. The van der Waals surface area contributed by atoms with E-state index in [0.717, 1.165) is 35.6 Å². The van der Waals surface area contributed by atoms with Gasteiger partial charge in [0, 0.05) is 17.3 Å². The van der Waals surface area contributed by atoms with Crippen LogP contribution in [-0.4, -0.2) is 5.91 Å². The van der Waals surface area contributed by atoms with Crippen LogP contribution in [0.4, 0.5) is 27.6 Å². The highest BCUT2D eigenvalue weighted by molar-refractivity contribution is 7.12. The van der Waals surface area contributed by atoms with Crippen molar-refractivity contribution in [2.24, 2.45) is 0 Å². The second-order valence-corrected chi connectivity index (χ2v) is 7.15. The number of thiophene rings is 1. The Kier molecular flexibility index (Phi) is 6.09. The van der Waals surface area contributed by atoms with Crippen LogP contribution in [0.1, 0.15) is 20.8 Å². The smallest absolute Gasteiger partial charge is 0.417 e. The van der Waals surface area contributed by atoms with Crippen LogP contribution in [0.3, 0.4) is 0 Å². The fourth-order valence-corrected chi connectivity index (χ4v) is 3.35. The number of nitrogens with one attached hydrogen (secondary N) is 1. The molecule has 0 aliphatic heterocycles. The summed E-state index contributed by atoms with van der Waals surface area (Å²) in [6, 6.07) is 7.38. The van der Waals surface area contributed by atoms with Crippen molar-refractivity contribution in [3.8, 4) is 5.75 Å². The summed E-state index contributed by atoms with van der Waals surface area (Å²) in [5.74, 6) is -2.37. The summed E-state index contributed by atoms with van der Waals surface area (Å²) < 4.78 is 70.4. The molecule has 0 saturated heterocycles. The molecule has 0 fully saturated rings. The number of anilines is 1. The highest BCUT2D eigenvalue weighted by atomic mass is 35.5. The maximum Gasteiger partial charge on any atom is 0.417 e. The minimum absolute atomic E-state index is 0.0636. The Hall–Kier alpha value is -2.65. The first-order valence-corrected chi connectivity index (χ1v) is 9.22. The first kappa shape index (κ1) is 21.1. The summed E-state index contributed by atoms with van der Waals surface area (Å²) in [7, 11) is 0. The molecular formula is C19H11ClF5NO2S. The van der Waals surface area contributed by atoms with E-state index in [0.29, 0.717) is 11.6 Å². The van der Waals surface area contributed by atoms with Gasteiger partial charge in [0.1, 0.15) is 12.4 Å². The molecule has 0 bridgehead atoms. The molecule has 0 unspecified atom stereocenters. The van der Waals surface area contributed by atoms with Crippen molar-refractivity contribution in [3.63, 3.8) is 0 Å². The molecule has 152 valence electrons. The van der Waals surface area contributed by atoms with Crippen LogP contribution >= 0.6 is 22.9 Å². The monoisotopic (exact) mass is 447 g/mol. The van der Waals surface area contributed by atoms with E-state index in [2.05, 4.69) is 5.32 Å². The summed E-state index contributed by atoms with van der Waals surface area (Å²) >= 11 is 6.59. The number of rotatable bonds is 5. The summed E-state index contributed by atoms with van der Waals surface area (Å²) in [6.45, 7) is -0.0779. The van der Waals surface area contributed by atoms with E-state index in [9.17, 15) is 26.7 Å². The molecule has 3 rings (SSSR count). The van der Waals surface area contributed by atoms with Gasteiger partial charge in [0.15, 0.2) is 11.6 Å². The molecule has 0 aliphatic carbocycles. The number of halogens is 6. The van der Waals surface area contributed by atoms with Crippen LogP contribution in [0.15, 0.2) is 47.8 Å². The SMILES string of the molecule is O=C(Nc1ccc(Cl)c(C(F)(F)F)c1)c1cc(COc2ccc(F)cc2F)cs1. The molecule has 0 atom stereocenters. The van der Waals surface area contributed by atoms with E-state index in [4.69, 9.17) is 16.3 Å². The van der Waals surface area contributed by atoms with Gasteiger partial charge in [0.05, 0.1) is 15.5 Å². The lowest BCUT2D eigenvalue weighted by molar-refractivity contribution is -0.137. The zero-order chi connectivity index (χ0) is 21.2. The molecule has 10 heteroatoms. The highest BCUT2D eigenvalue weighted by Gasteiger charge is 2.33. The maximum absolute atomic E-state index is 13.6. The number of benzene rings is 2. The predicted octanol–water partition coefficient (Wildman–Crippen LogP) is 6.53. The van der Waals surface area contributed by atoms with Crippen molar-refractivity contribution < 1.29 is 31.5 Å². The van der Waals surface area contributed by atoms with Gasteiger partial charge in [-0.25, -0.2) is 8.78 Å². The number of ether oxygens (including phenoxy) is 1. The average Bonchev–Trinajstić information content (AvgIpc) is 3.11. The van der Waals surface area contributed by atoms with E-state index in [1.54, 1.807) is 5.38 Å². The van der Waals surface area contributed by atoms with Crippen molar-refractivity contribution in [2.75, 3.05) is 5.32 Å². The number of carbonyl (C=O) groups excluding carboxylic acids is 1. The number of carbonyl (C=O) groups is 1. The third-order valence-corrected chi connectivity index (χ3v) is 5.00. The van der Waals surface area contributed by atoms with Gasteiger partial charge in [0.25, 0.3) is 5.91 Å². The minimum atomic E-state index is -4.65. The summed E-state index contributed by atoms with van der Waals surface area (Å²) in [5, 5.41) is 3.48. The predicted molar refractivity (Wildman–Crippen MR) is 99.4 cm³/mol. The summed E-state index contributed by atoms with van der Waals surface area (Å²) in [6.07, 6.45) is -4.65. The van der Waals surface area contributed by atoms with Crippen LogP contribution in [-0.2, 0) is 12.8 Å². The van der Waals surface area contributed by atoms with Crippen LogP contribution in [0, 0.1) is 11.6 Å². The molecule has 0 aliphatic rings. The summed E-state index contributed by atoms with van der Waals surface area (Å²) in [4.78, 5) is 12.5. The number of hydrogen-bond donors (Lipinski definition) is 1. The number of alkyl halides is 3. The largest absolute Gasteiger partial charge is 0.486 e. The first-order chi connectivity index (χ1) is 13.6. The molecule has 1 amide bonds. The van der Waals surface area contributed by atoms with Gasteiger partial charge in [-0.05, 0) is 41.8 Å². The van der Waals surface area contributed by atoms with Crippen molar-refractivity contribution in [1.82, 2.24) is 0 Å². The van der Waals surface area contributed by atoms with E-state index >= 15 is 0 Å². The lowest BCUT2D eigenvalue weighted by Crippen LogP contribution is -2.12. The normalized spacial score (nSPS) is 11.4. The van der Waals surface area contributed by atoms with Gasteiger partial charge < -0.3 is 10.1 Å². The van der Waals surface area contributed by atoms with E-state index < -0.39 is 34.3 Å². The van der Waals surface area contributed by atoms with Gasteiger partial charge in [0.2, 0.25) is 0 Å². The Bertz CT molecular complexity index is 1050. The van der Waals surface area contributed by atoms with Crippen LogP contribution in [0.25, 0.3) is 0 Å². The summed E-state index contributed by atoms with van der Waals surface area (Å²) in [5.41, 5.74) is -0.583. The van der Waals surface area contributed by atoms with Crippen LogP contribution < -0.4 is 10.1 Å². The van der Waals surface area contributed by atoms with Crippen molar-refractivity contribution in [2.45, 2.75) is 12.8 Å². The standard InChI is InChI=1S/C19H11ClF5NO2S/c20-14-3-2-12(7-13(14)19(23,24)25)26-18(27)17-5-10(9-29-17)8-28-16-4-1-11(21)6-15(16)22/h1-7,9H,8H2,(H,26,27). The third kappa shape index (κ3) is 5.24. The topological polar surface area (TPSA) is 38.3 Å². The minimum Gasteiger partial charge on any atom is -0.486 e. The maximum atomic E-state index is 13.6. The van der Waals surface area contributed by atoms with Crippen LogP contribution in [0.5, 0.6) is 5.75 Å². The molecular weight excluding hydrogens is 437 g/mol. The molecule has 29 heavy (non-hydrogen) atoms. The molecule has 3 aromatic rings. The van der Waals surface area contributed by atoms with Gasteiger partial charge >= 0.3 is 6.18 Å². The van der Waals surface area contributed by atoms with E-state index in [1.165, 1.54) is 12.1 Å². The molecule has 0 saturated carbocycles. The molecule has 1 heterocycles. The zero-order valence-corrected chi connectivity index (χ0v) is 15.9. The van der Waals surface area contributed by atoms with Gasteiger partial charge in [-0.15, -0.1) is 11.3 Å². The van der Waals surface area contributed by atoms with Gasteiger partial charge in [-0.2, -0.15) is 13.2 Å². The lowest BCUT2D eigenvalue weighted by Gasteiger charge is -2.11. The van der Waals surface area contributed by atoms with Crippen LogP contribution in [0.2, 0.25) is 5.02 Å². The third-order valence-electron chi connectivity index (χ3n) is 3.70. The second kappa shape index (κ2) is 8.38. The van der Waals surface area contributed by atoms with Gasteiger partial charge in [-0.1, -0.05) is 11.6 Å². The first-order valence-electron chi connectivity index (χ1n) is 7.97. The van der Waals surface area contributed by atoms with Crippen molar-refractivity contribution in [3.05, 3.63) is 80.5 Å². The molecule has 0 radical (unpaired) electrons. The van der Waals surface area contributed by atoms with Crippen molar-refractivity contribution >= 4 is 34.5 Å². The van der Waals surface area contributed by atoms with Crippen molar-refractivity contribution in [1.29, 1.82) is 0 Å². The Morgan fingerprint density at radius 3 is 2.55 bits per heavy atom. The molecule has 0 spiro atoms. The second-order valence-electron chi connectivity index (χ2n) is 5.83. The molecule has 3 nitrogen and oxygen atoms in total. The fraction of sp³-hybridized carbons (Fsp3) is 0.105. The Morgan fingerprint density at radius 2 is 1.86 bits per heavy atom.